The third kappa shape index (κ3) is 2.34. The zero-order valence-corrected chi connectivity index (χ0v) is 15.1. The van der Waals surface area contributed by atoms with Gasteiger partial charge in [-0.1, -0.05) is 18.2 Å². The first-order valence-electron chi connectivity index (χ1n) is 9.10. The van der Waals surface area contributed by atoms with Gasteiger partial charge in [0, 0.05) is 20.1 Å². The molecular weight excluding hydrogens is 344 g/mol. The van der Waals surface area contributed by atoms with Crippen LogP contribution < -0.4 is 20.2 Å². The third-order valence-electron chi connectivity index (χ3n) is 5.44. The third-order valence-corrected chi connectivity index (χ3v) is 5.44. The van der Waals surface area contributed by atoms with Crippen LogP contribution in [0.3, 0.4) is 0 Å². The summed E-state index contributed by atoms with van der Waals surface area (Å²) in [6, 6.07) is 13.3. The maximum absolute atomic E-state index is 13.2. The summed E-state index contributed by atoms with van der Waals surface area (Å²) in [7, 11) is 1.73. The standard InChI is InChI=1S/C20H20N4O3/c1-21-14-5-2-3-6-15(14)24(20(21)26)13-18(25)23-10-9-22-11-12-27-17-8-4-7-16(23)19(17)22/h2-8H,9-13H2,1H3. The molecule has 2 aromatic carbocycles. The highest BCUT2D eigenvalue weighted by molar-refractivity contribution is 5.99. The molecule has 0 unspecified atom stereocenters. The van der Waals surface area contributed by atoms with Crippen molar-refractivity contribution in [2.75, 3.05) is 36.0 Å². The van der Waals surface area contributed by atoms with Gasteiger partial charge in [-0.05, 0) is 24.3 Å². The van der Waals surface area contributed by atoms with Crippen LogP contribution in [0.15, 0.2) is 47.3 Å². The van der Waals surface area contributed by atoms with Crippen LogP contribution >= 0.6 is 0 Å². The van der Waals surface area contributed by atoms with E-state index in [4.69, 9.17) is 4.74 Å². The lowest BCUT2D eigenvalue weighted by Crippen LogP contribution is -2.48. The Bertz CT molecular complexity index is 1110. The second-order valence-electron chi connectivity index (χ2n) is 6.92. The van der Waals surface area contributed by atoms with E-state index in [2.05, 4.69) is 4.90 Å². The van der Waals surface area contributed by atoms with E-state index in [0.29, 0.717) is 13.2 Å². The number of fused-ring (bicyclic) bond motifs is 1. The fourth-order valence-electron chi connectivity index (χ4n) is 4.10. The van der Waals surface area contributed by atoms with Gasteiger partial charge in [0.05, 0.1) is 23.3 Å². The van der Waals surface area contributed by atoms with E-state index in [0.717, 1.165) is 41.2 Å². The minimum absolute atomic E-state index is 0.0186. The number of carbonyl (C=O) groups is 1. The number of aryl methyl sites for hydroxylation is 1. The maximum atomic E-state index is 13.2. The molecule has 0 atom stereocenters. The number of hydrogen-bond acceptors (Lipinski definition) is 4. The zero-order chi connectivity index (χ0) is 18.5. The first-order valence-corrected chi connectivity index (χ1v) is 9.10. The van der Waals surface area contributed by atoms with Crippen molar-refractivity contribution in [2.24, 2.45) is 7.05 Å². The molecule has 1 aromatic heterocycles. The van der Waals surface area contributed by atoms with Gasteiger partial charge in [0.15, 0.2) is 0 Å². The first-order chi connectivity index (χ1) is 13.1. The highest BCUT2D eigenvalue weighted by atomic mass is 16.5. The van der Waals surface area contributed by atoms with E-state index >= 15 is 0 Å². The molecule has 2 aliphatic rings. The van der Waals surface area contributed by atoms with Gasteiger partial charge in [-0.2, -0.15) is 0 Å². The molecule has 1 amide bonds. The van der Waals surface area contributed by atoms with Crippen molar-refractivity contribution in [3.63, 3.8) is 0 Å². The topological polar surface area (TPSA) is 59.7 Å². The van der Waals surface area contributed by atoms with Crippen molar-refractivity contribution in [2.45, 2.75) is 6.54 Å². The average Bonchev–Trinajstić information content (AvgIpc) is 2.94. The number of nitrogens with zero attached hydrogens (tertiary/aromatic N) is 4. The lowest BCUT2D eigenvalue weighted by Gasteiger charge is -2.41. The average molecular weight is 364 g/mol. The number of imidazole rings is 1. The Balaban J connectivity index is 1.53. The SMILES string of the molecule is Cn1c(=O)n(CC(=O)N2CCN3CCOc4cccc2c43)c2ccccc21. The Morgan fingerprint density at radius 1 is 1.04 bits per heavy atom. The van der Waals surface area contributed by atoms with Crippen molar-refractivity contribution >= 4 is 28.3 Å². The molecule has 0 saturated heterocycles. The molecule has 0 bridgehead atoms. The largest absolute Gasteiger partial charge is 0.489 e. The number of para-hydroxylation sites is 3. The monoisotopic (exact) mass is 364 g/mol. The van der Waals surface area contributed by atoms with Crippen LogP contribution in [-0.2, 0) is 18.4 Å². The Morgan fingerprint density at radius 3 is 2.70 bits per heavy atom. The zero-order valence-electron chi connectivity index (χ0n) is 15.1. The molecule has 27 heavy (non-hydrogen) atoms. The summed E-state index contributed by atoms with van der Waals surface area (Å²) in [6.45, 7) is 2.88. The predicted octanol–water partition coefficient (Wildman–Crippen LogP) is 1.59. The highest BCUT2D eigenvalue weighted by Gasteiger charge is 2.31. The lowest BCUT2D eigenvalue weighted by molar-refractivity contribution is -0.119. The normalized spacial score (nSPS) is 15.6. The van der Waals surface area contributed by atoms with E-state index in [9.17, 15) is 9.59 Å². The Kier molecular flexibility index (Phi) is 3.50. The summed E-state index contributed by atoms with van der Waals surface area (Å²) < 4.78 is 8.89. The number of amides is 1. The van der Waals surface area contributed by atoms with E-state index in [-0.39, 0.29) is 18.1 Å². The van der Waals surface area contributed by atoms with Crippen LogP contribution in [-0.4, -0.2) is 41.3 Å². The van der Waals surface area contributed by atoms with E-state index in [1.807, 2.05) is 42.5 Å². The molecule has 0 saturated carbocycles. The van der Waals surface area contributed by atoms with Crippen LogP contribution in [0.1, 0.15) is 0 Å². The molecule has 7 heteroatoms. The van der Waals surface area contributed by atoms with Crippen LogP contribution in [0.2, 0.25) is 0 Å². The summed E-state index contributed by atoms with van der Waals surface area (Å²) in [5.74, 6) is 0.727. The van der Waals surface area contributed by atoms with E-state index < -0.39 is 0 Å². The van der Waals surface area contributed by atoms with Gasteiger partial charge in [0.25, 0.3) is 0 Å². The van der Waals surface area contributed by atoms with Crippen molar-refractivity contribution in [1.29, 1.82) is 0 Å². The van der Waals surface area contributed by atoms with Crippen molar-refractivity contribution in [3.8, 4) is 5.75 Å². The van der Waals surface area contributed by atoms with Crippen LogP contribution in [0.4, 0.5) is 11.4 Å². The van der Waals surface area contributed by atoms with Gasteiger partial charge >= 0.3 is 5.69 Å². The molecule has 0 aliphatic carbocycles. The molecule has 3 aromatic rings. The number of hydrogen-bond donors (Lipinski definition) is 0. The Morgan fingerprint density at radius 2 is 1.85 bits per heavy atom. The minimum Gasteiger partial charge on any atom is -0.489 e. The number of anilines is 2. The number of rotatable bonds is 2. The second-order valence-corrected chi connectivity index (χ2v) is 6.92. The predicted molar refractivity (Wildman–Crippen MR) is 104 cm³/mol. The molecular formula is C20H20N4O3. The smallest absolute Gasteiger partial charge is 0.329 e. The summed E-state index contributed by atoms with van der Waals surface area (Å²) in [4.78, 5) is 29.8. The number of aromatic nitrogens is 2. The molecule has 5 rings (SSSR count). The molecule has 3 heterocycles. The Hall–Kier alpha value is -3.22. The Labute approximate surface area is 156 Å². The molecule has 0 fully saturated rings. The summed E-state index contributed by atoms with van der Waals surface area (Å²) in [6.07, 6.45) is 0. The maximum Gasteiger partial charge on any atom is 0.329 e. The van der Waals surface area contributed by atoms with Gasteiger partial charge in [0.2, 0.25) is 5.91 Å². The van der Waals surface area contributed by atoms with Crippen molar-refractivity contribution in [1.82, 2.24) is 9.13 Å². The molecule has 138 valence electrons. The van der Waals surface area contributed by atoms with Gasteiger partial charge in [-0.3, -0.25) is 13.9 Å². The first kappa shape index (κ1) is 16.0. The van der Waals surface area contributed by atoms with E-state index in [1.54, 1.807) is 21.1 Å². The minimum atomic E-state index is -0.179. The quantitative estimate of drug-likeness (QED) is 0.693. The highest BCUT2D eigenvalue weighted by Crippen LogP contribution is 2.42. The fraction of sp³-hybridized carbons (Fsp3) is 0.300. The van der Waals surface area contributed by atoms with Gasteiger partial charge in [-0.15, -0.1) is 0 Å². The summed E-state index contributed by atoms with van der Waals surface area (Å²) in [5.41, 5.74) is 3.26. The summed E-state index contributed by atoms with van der Waals surface area (Å²) >= 11 is 0. The number of ether oxygens (including phenoxy) is 1. The van der Waals surface area contributed by atoms with Gasteiger partial charge in [-0.25, -0.2) is 4.79 Å². The van der Waals surface area contributed by atoms with Gasteiger partial charge < -0.3 is 14.5 Å². The van der Waals surface area contributed by atoms with Crippen LogP contribution in [0.5, 0.6) is 5.75 Å². The number of benzene rings is 2. The summed E-state index contributed by atoms with van der Waals surface area (Å²) in [5, 5.41) is 0. The van der Waals surface area contributed by atoms with Crippen LogP contribution in [0.25, 0.3) is 11.0 Å². The second kappa shape index (κ2) is 5.90. The van der Waals surface area contributed by atoms with Crippen molar-refractivity contribution in [3.05, 3.63) is 52.9 Å². The molecule has 0 spiro atoms. The fourth-order valence-corrected chi connectivity index (χ4v) is 4.10. The number of carbonyl (C=O) groups excluding carboxylic acids is 1. The molecule has 0 radical (unpaired) electrons. The lowest BCUT2D eigenvalue weighted by atomic mass is 10.1. The molecule has 0 N–H and O–H groups in total. The van der Waals surface area contributed by atoms with E-state index in [1.165, 1.54) is 0 Å². The molecule has 2 aliphatic heterocycles. The van der Waals surface area contributed by atoms with Crippen molar-refractivity contribution < 1.29 is 9.53 Å². The van der Waals surface area contributed by atoms with Crippen LogP contribution in [0, 0.1) is 0 Å². The molecule has 7 nitrogen and oxygen atoms in total. The van der Waals surface area contributed by atoms with Gasteiger partial charge in [0.1, 0.15) is 24.6 Å².